The minimum atomic E-state index is 0.0247. The molecule has 0 fully saturated rings. The van der Waals surface area contributed by atoms with Crippen molar-refractivity contribution in [2.24, 2.45) is 5.92 Å². The van der Waals surface area contributed by atoms with E-state index in [-0.39, 0.29) is 11.8 Å². The number of nitrogens with one attached hydrogen (secondary N) is 1. The molecule has 0 radical (unpaired) electrons. The van der Waals surface area contributed by atoms with Crippen LogP contribution in [-0.4, -0.2) is 16.1 Å². The van der Waals surface area contributed by atoms with E-state index in [1.54, 1.807) is 0 Å². The van der Waals surface area contributed by atoms with Gasteiger partial charge in [-0.2, -0.15) is 0 Å². The van der Waals surface area contributed by atoms with Gasteiger partial charge in [0.1, 0.15) is 5.01 Å². The Bertz CT molecular complexity index is 324. The monoisotopic (exact) mass is 227 g/mol. The van der Waals surface area contributed by atoms with Crippen LogP contribution in [0.4, 0.5) is 5.13 Å². The van der Waals surface area contributed by atoms with E-state index >= 15 is 0 Å². The van der Waals surface area contributed by atoms with Crippen LogP contribution in [0.3, 0.4) is 0 Å². The maximum absolute atomic E-state index is 11.5. The Morgan fingerprint density at radius 1 is 1.47 bits per heavy atom. The molecule has 0 aliphatic rings. The molecule has 1 aromatic heterocycles. The molecule has 1 atom stereocenters. The molecule has 1 unspecified atom stereocenters. The van der Waals surface area contributed by atoms with Gasteiger partial charge in [-0.3, -0.25) is 4.79 Å². The van der Waals surface area contributed by atoms with Gasteiger partial charge in [-0.1, -0.05) is 32.1 Å². The zero-order valence-corrected chi connectivity index (χ0v) is 10.2. The lowest BCUT2D eigenvalue weighted by atomic mass is 10.1. The number of aromatic nitrogens is 2. The minimum absolute atomic E-state index is 0.0247. The molecule has 0 bridgehead atoms. The molecule has 1 N–H and O–H groups in total. The summed E-state index contributed by atoms with van der Waals surface area (Å²) >= 11 is 1.46. The van der Waals surface area contributed by atoms with Crippen LogP contribution in [0.1, 0.15) is 38.6 Å². The first-order valence-electron chi connectivity index (χ1n) is 5.30. The molecular weight excluding hydrogens is 210 g/mol. The van der Waals surface area contributed by atoms with Gasteiger partial charge in [-0.25, -0.2) is 0 Å². The SMILES string of the molecule is CCCc1nnc(NC(=O)C(C)CC)s1. The fraction of sp³-hybridized carbons (Fsp3) is 0.700. The lowest BCUT2D eigenvalue weighted by Gasteiger charge is -2.05. The van der Waals surface area contributed by atoms with Crippen LogP contribution >= 0.6 is 11.3 Å². The third-order valence-electron chi connectivity index (χ3n) is 2.22. The molecule has 0 aliphatic heterocycles. The lowest BCUT2D eigenvalue weighted by molar-refractivity contribution is -0.119. The Morgan fingerprint density at radius 3 is 2.80 bits per heavy atom. The van der Waals surface area contributed by atoms with Crippen LogP contribution in [0.25, 0.3) is 0 Å². The molecule has 4 nitrogen and oxygen atoms in total. The van der Waals surface area contributed by atoms with E-state index in [9.17, 15) is 4.79 Å². The van der Waals surface area contributed by atoms with Crippen molar-refractivity contribution in [2.45, 2.75) is 40.0 Å². The maximum Gasteiger partial charge on any atom is 0.229 e. The quantitative estimate of drug-likeness (QED) is 0.840. The molecule has 15 heavy (non-hydrogen) atoms. The average Bonchev–Trinajstić information content (AvgIpc) is 2.65. The summed E-state index contributed by atoms with van der Waals surface area (Å²) in [6.45, 7) is 6.00. The fourth-order valence-electron chi connectivity index (χ4n) is 1.03. The van der Waals surface area contributed by atoms with Gasteiger partial charge in [0, 0.05) is 12.3 Å². The molecule has 0 saturated heterocycles. The van der Waals surface area contributed by atoms with E-state index in [2.05, 4.69) is 22.4 Å². The van der Waals surface area contributed by atoms with Gasteiger partial charge < -0.3 is 5.32 Å². The van der Waals surface area contributed by atoms with E-state index in [4.69, 9.17) is 0 Å². The molecule has 1 aromatic rings. The van der Waals surface area contributed by atoms with Gasteiger partial charge in [-0.05, 0) is 12.8 Å². The summed E-state index contributed by atoms with van der Waals surface area (Å²) in [7, 11) is 0. The summed E-state index contributed by atoms with van der Waals surface area (Å²) in [5.74, 6) is 0.0558. The first kappa shape index (κ1) is 12.1. The number of hydrogen-bond acceptors (Lipinski definition) is 4. The zero-order valence-electron chi connectivity index (χ0n) is 9.41. The minimum Gasteiger partial charge on any atom is -0.300 e. The smallest absolute Gasteiger partial charge is 0.229 e. The van der Waals surface area contributed by atoms with Crippen LogP contribution in [0.2, 0.25) is 0 Å². The van der Waals surface area contributed by atoms with E-state index < -0.39 is 0 Å². The van der Waals surface area contributed by atoms with Crippen molar-refractivity contribution in [3.63, 3.8) is 0 Å². The highest BCUT2D eigenvalue weighted by Gasteiger charge is 2.12. The first-order valence-corrected chi connectivity index (χ1v) is 6.12. The van der Waals surface area contributed by atoms with Gasteiger partial charge in [0.15, 0.2) is 0 Å². The number of nitrogens with zero attached hydrogens (tertiary/aromatic N) is 2. The number of hydrogen-bond donors (Lipinski definition) is 1. The Hall–Kier alpha value is -0.970. The van der Waals surface area contributed by atoms with Crippen molar-refractivity contribution in [3.8, 4) is 0 Å². The lowest BCUT2D eigenvalue weighted by Crippen LogP contribution is -2.19. The largest absolute Gasteiger partial charge is 0.300 e. The van der Waals surface area contributed by atoms with Gasteiger partial charge in [-0.15, -0.1) is 10.2 Å². The molecule has 5 heteroatoms. The van der Waals surface area contributed by atoms with Gasteiger partial charge in [0.2, 0.25) is 11.0 Å². The molecule has 1 rings (SSSR count). The topological polar surface area (TPSA) is 54.9 Å². The van der Waals surface area contributed by atoms with E-state index in [1.807, 2.05) is 13.8 Å². The van der Waals surface area contributed by atoms with E-state index in [0.717, 1.165) is 24.3 Å². The van der Waals surface area contributed by atoms with Crippen molar-refractivity contribution in [1.29, 1.82) is 0 Å². The Morgan fingerprint density at radius 2 is 2.20 bits per heavy atom. The zero-order chi connectivity index (χ0) is 11.3. The number of rotatable bonds is 5. The number of carbonyl (C=O) groups is 1. The number of amides is 1. The molecule has 0 aliphatic carbocycles. The Kier molecular flexibility index (Phi) is 4.68. The van der Waals surface area contributed by atoms with E-state index in [1.165, 1.54) is 11.3 Å². The predicted octanol–water partition coefficient (Wildman–Crippen LogP) is 2.48. The summed E-state index contributed by atoms with van der Waals surface area (Å²) in [4.78, 5) is 11.5. The summed E-state index contributed by atoms with van der Waals surface area (Å²) < 4.78 is 0. The third-order valence-corrected chi connectivity index (χ3v) is 3.12. The molecule has 84 valence electrons. The second kappa shape index (κ2) is 5.80. The maximum atomic E-state index is 11.5. The molecule has 1 heterocycles. The summed E-state index contributed by atoms with van der Waals surface area (Å²) in [5.41, 5.74) is 0. The van der Waals surface area contributed by atoms with Gasteiger partial charge in [0.25, 0.3) is 0 Å². The van der Waals surface area contributed by atoms with Crippen molar-refractivity contribution < 1.29 is 4.79 Å². The highest BCUT2D eigenvalue weighted by molar-refractivity contribution is 7.15. The summed E-state index contributed by atoms with van der Waals surface area (Å²) in [6.07, 6.45) is 2.82. The molecular formula is C10H17N3OS. The predicted molar refractivity (Wildman–Crippen MR) is 62.0 cm³/mol. The van der Waals surface area contributed by atoms with Crippen molar-refractivity contribution in [2.75, 3.05) is 5.32 Å². The van der Waals surface area contributed by atoms with Crippen LogP contribution in [0, 0.1) is 5.92 Å². The average molecular weight is 227 g/mol. The van der Waals surface area contributed by atoms with Crippen LogP contribution in [0.15, 0.2) is 0 Å². The van der Waals surface area contributed by atoms with Crippen molar-refractivity contribution >= 4 is 22.4 Å². The normalized spacial score (nSPS) is 12.5. The van der Waals surface area contributed by atoms with Gasteiger partial charge >= 0.3 is 0 Å². The summed E-state index contributed by atoms with van der Waals surface area (Å²) in [5, 5.41) is 12.3. The highest BCUT2D eigenvalue weighted by atomic mass is 32.1. The first-order chi connectivity index (χ1) is 7.17. The van der Waals surface area contributed by atoms with E-state index in [0.29, 0.717) is 5.13 Å². The second-order valence-electron chi connectivity index (χ2n) is 3.55. The van der Waals surface area contributed by atoms with Crippen molar-refractivity contribution in [3.05, 3.63) is 5.01 Å². The third kappa shape index (κ3) is 3.58. The standard InChI is InChI=1S/C10H17N3OS/c1-4-6-8-12-13-10(15-8)11-9(14)7(3)5-2/h7H,4-6H2,1-3H3,(H,11,13,14). The number of carbonyl (C=O) groups excluding carboxylic acids is 1. The fourth-order valence-corrected chi connectivity index (χ4v) is 1.88. The number of aryl methyl sites for hydroxylation is 1. The number of anilines is 1. The van der Waals surface area contributed by atoms with Crippen LogP contribution in [-0.2, 0) is 11.2 Å². The molecule has 0 saturated carbocycles. The summed E-state index contributed by atoms with van der Waals surface area (Å²) in [6, 6.07) is 0. The second-order valence-corrected chi connectivity index (χ2v) is 4.61. The van der Waals surface area contributed by atoms with Crippen LogP contribution in [0.5, 0.6) is 0 Å². The van der Waals surface area contributed by atoms with Crippen LogP contribution < -0.4 is 5.32 Å². The highest BCUT2D eigenvalue weighted by Crippen LogP contribution is 2.17. The van der Waals surface area contributed by atoms with Gasteiger partial charge in [0.05, 0.1) is 0 Å². The Balaban J connectivity index is 2.53. The molecule has 0 spiro atoms. The Labute approximate surface area is 94.1 Å². The van der Waals surface area contributed by atoms with Crippen molar-refractivity contribution in [1.82, 2.24) is 10.2 Å². The molecule has 0 aromatic carbocycles. The molecule has 1 amide bonds.